The summed E-state index contributed by atoms with van der Waals surface area (Å²) in [5.74, 6) is 2.03. The van der Waals surface area contributed by atoms with Crippen LogP contribution in [-0.2, 0) is 6.54 Å². The van der Waals surface area contributed by atoms with E-state index in [0.29, 0.717) is 18.9 Å². The fraction of sp³-hybridized carbons (Fsp3) is 0.353. The van der Waals surface area contributed by atoms with Gasteiger partial charge in [0.25, 0.3) is 0 Å². The molecule has 8 nitrogen and oxygen atoms in total. The average molecular weight is 342 g/mol. The molecule has 2 aliphatic heterocycles. The van der Waals surface area contributed by atoms with Crippen LogP contribution < -0.4 is 14.4 Å². The van der Waals surface area contributed by atoms with Crippen molar-refractivity contribution >= 4 is 11.5 Å². The molecule has 25 heavy (non-hydrogen) atoms. The van der Waals surface area contributed by atoms with Crippen molar-refractivity contribution in [2.45, 2.75) is 6.54 Å². The highest BCUT2D eigenvalue weighted by atomic mass is 16.7. The van der Waals surface area contributed by atoms with E-state index in [-0.39, 0.29) is 17.4 Å². The molecule has 4 rings (SSSR count). The topological polar surface area (TPSA) is 81.0 Å². The Labute approximate surface area is 144 Å². The van der Waals surface area contributed by atoms with Gasteiger partial charge in [0.2, 0.25) is 12.6 Å². The average Bonchev–Trinajstić information content (AvgIpc) is 3.10. The Morgan fingerprint density at radius 2 is 1.92 bits per heavy atom. The van der Waals surface area contributed by atoms with Crippen LogP contribution in [0, 0.1) is 10.1 Å². The lowest BCUT2D eigenvalue weighted by molar-refractivity contribution is -0.384. The van der Waals surface area contributed by atoms with Gasteiger partial charge in [-0.15, -0.1) is 0 Å². The largest absolute Gasteiger partial charge is 0.454 e. The molecule has 130 valence electrons. The highest BCUT2D eigenvalue weighted by Gasteiger charge is 2.25. The van der Waals surface area contributed by atoms with E-state index in [1.165, 1.54) is 11.6 Å². The number of hydrogen-bond acceptors (Lipinski definition) is 7. The predicted molar refractivity (Wildman–Crippen MR) is 90.9 cm³/mol. The molecule has 0 amide bonds. The van der Waals surface area contributed by atoms with Gasteiger partial charge in [-0.1, -0.05) is 6.07 Å². The minimum atomic E-state index is -0.374. The lowest BCUT2D eigenvalue weighted by atomic mass is 10.1. The van der Waals surface area contributed by atoms with E-state index in [1.54, 1.807) is 12.3 Å². The number of ether oxygens (including phenoxy) is 2. The second-order valence-corrected chi connectivity index (χ2v) is 6.05. The highest BCUT2D eigenvalue weighted by Crippen LogP contribution is 2.33. The number of rotatable bonds is 4. The Bertz CT molecular complexity index is 790. The van der Waals surface area contributed by atoms with E-state index in [2.05, 4.69) is 9.88 Å². The van der Waals surface area contributed by atoms with Crippen molar-refractivity contribution in [1.82, 2.24) is 9.88 Å². The van der Waals surface area contributed by atoms with Crippen LogP contribution in [0.2, 0.25) is 0 Å². The van der Waals surface area contributed by atoms with Gasteiger partial charge in [-0.2, -0.15) is 0 Å². The van der Waals surface area contributed by atoms with E-state index < -0.39 is 0 Å². The third kappa shape index (κ3) is 3.20. The number of benzene rings is 1. The Balaban J connectivity index is 1.40. The van der Waals surface area contributed by atoms with Crippen molar-refractivity contribution in [3.8, 4) is 11.5 Å². The van der Waals surface area contributed by atoms with Crippen molar-refractivity contribution in [3.05, 3.63) is 52.2 Å². The van der Waals surface area contributed by atoms with Crippen LogP contribution in [0.1, 0.15) is 5.56 Å². The molecular weight excluding hydrogens is 324 g/mol. The quantitative estimate of drug-likeness (QED) is 0.621. The zero-order valence-electron chi connectivity index (χ0n) is 13.6. The summed E-state index contributed by atoms with van der Waals surface area (Å²) >= 11 is 0. The van der Waals surface area contributed by atoms with Crippen molar-refractivity contribution in [1.29, 1.82) is 0 Å². The maximum atomic E-state index is 11.2. The van der Waals surface area contributed by atoms with Gasteiger partial charge in [-0.3, -0.25) is 15.0 Å². The number of hydrogen-bond donors (Lipinski definition) is 0. The number of nitrogens with zero attached hydrogens (tertiary/aromatic N) is 4. The van der Waals surface area contributed by atoms with Crippen LogP contribution in [0.3, 0.4) is 0 Å². The molecule has 2 aliphatic rings. The fourth-order valence-electron chi connectivity index (χ4n) is 3.19. The predicted octanol–water partition coefficient (Wildman–Crippen LogP) is 2.04. The van der Waals surface area contributed by atoms with E-state index >= 15 is 0 Å². The van der Waals surface area contributed by atoms with Crippen molar-refractivity contribution in [3.63, 3.8) is 0 Å². The zero-order valence-corrected chi connectivity index (χ0v) is 13.6. The number of nitro groups is 1. The Kier molecular flexibility index (Phi) is 4.10. The molecule has 1 aromatic heterocycles. The number of aromatic nitrogens is 1. The van der Waals surface area contributed by atoms with Crippen LogP contribution in [0.15, 0.2) is 36.5 Å². The van der Waals surface area contributed by atoms with E-state index in [9.17, 15) is 10.1 Å². The molecule has 3 heterocycles. The van der Waals surface area contributed by atoms with Crippen LogP contribution in [0.4, 0.5) is 11.5 Å². The Hall–Kier alpha value is -2.87. The molecular formula is C17H18N4O4. The highest BCUT2D eigenvalue weighted by molar-refractivity contribution is 5.57. The number of pyridine rings is 1. The van der Waals surface area contributed by atoms with Crippen LogP contribution >= 0.6 is 0 Å². The van der Waals surface area contributed by atoms with Crippen LogP contribution in [-0.4, -0.2) is 47.8 Å². The molecule has 0 unspecified atom stereocenters. The molecule has 0 spiro atoms. The summed E-state index contributed by atoms with van der Waals surface area (Å²) in [4.78, 5) is 19.3. The van der Waals surface area contributed by atoms with Gasteiger partial charge >= 0.3 is 5.69 Å². The van der Waals surface area contributed by atoms with Gasteiger partial charge < -0.3 is 14.4 Å². The lowest BCUT2D eigenvalue weighted by Crippen LogP contribution is -2.46. The first-order chi connectivity index (χ1) is 12.2. The molecule has 0 atom stereocenters. The Morgan fingerprint density at radius 3 is 2.72 bits per heavy atom. The number of anilines is 1. The SMILES string of the molecule is O=[N+]([O-])c1cccnc1N1CCN(Cc2ccc3c(c2)OCO3)CC1. The third-order valence-corrected chi connectivity index (χ3v) is 4.48. The molecule has 0 N–H and O–H groups in total. The molecule has 0 saturated carbocycles. The first-order valence-corrected chi connectivity index (χ1v) is 8.16. The standard InChI is InChI=1S/C17H18N4O4/c22-21(23)14-2-1-5-18-17(14)20-8-6-19(7-9-20)11-13-3-4-15-16(10-13)25-12-24-15/h1-5,10H,6-9,11-12H2. The van der Waals surface area contributed by atoms with E-state index in [4.69, 9.17) is 9.47 Å². The monoisotopic (exact) mass is 342 g/mol. The van der Waals surface area contributed by atoms with Gasteiger partial charge in [0.1, 0.15) is 0 Å². The van der Waals surface area contributed by atoms with Gasteiger partial charge in [-0.25, -0.2) is 4.98 Å². The third-order valence-electron chi connectivity index (χ3n) is 4.48. The normalized spacial score (nSPS) is 16.9. The van der Waals surface area contributed by atoms with Crippen LogP contribution in [0.25, 0.3) is 0 Å². The maximum Gasteiger partial charge on any atom is 0.311 e. The van der Waals surface area contributed by atoms with Gasteiger partial charge in [0.05, 0.1) is 4.92 Å². The van der Waals surface area contributed by atoms with E-state index in [0.717, 1.165) is 31.1 Å². The minimum absolute atomic E-state index is 0.0618. The second kappa shape index (κ2) is 6.56. The smallest absolute Gasteiger partial charge is 0.311 e. The Morgan fingerprint density at radius 1 is 1.12 bits per heavy atom. The number of piperazine rings is 1. The molecule has 0 radical (unpaired) electrons. The van der Waals surface area contributed by atoms with E-state index in [1.807, 2.05) is 23.1 Å². The van der Waals surface area contributed by atoms with Crippen molar-refractivity contribution < 1.29 is 14.4 Å². The molecule has 1 aromatic carbocycles. The summed E-state index contributed by atoms with van der Waals surface area (Å²) in [6.45, 7) is 4.16. The molecule has 0 bridgehead atoms. The molecule has 1 fully saturated rings. The molecule has 8 heteroatoms. The molecule has 1 saturated heterocycles. The second-order valence-electron chi connectivity index (χ2n) is 6.05. The molecule has 2 aromatic rings. The summed E-state index contributed by atoms with van der Waals surface area (Å²) in [6, 6.07) is 9.09. The van der Waals surface area contributed by atoms with Gasteiger partial charge in [-0.05, 0) is 23.8 Å². The van der Waals surface area contributed by atoms with Crippen LogP contribution in [0.5, 0.6) is 11.5 Å². The zero-order chi connectivity index (χ0) is 17.2. The summed E-state index contributed by atoms with van der Waals surface area (Å²) in [5.41, 5.74) is 1.23. The summed E-state index contributed by atoms with van der Waals surface area (Å²) in [6.07, 6.45) is 1.60. The number of fused-ring (bicyclic) bond motifs is 1. The van der Waals surface area contributed by atoms with Gasteiger partial charge in [0.15, 0.2) is 11.5 Å². The minimum Gasteiger partial charge on any atom is -0.454 e. The first kappa shape index (κ1) is 15.6. The summed E-state index contributed by atoms with van der Waals surface area (Å²) in [5, 5.41) is 11.2. The molecule has 0 aliphatic carbocycles. The van der Waals surface area contributed by atoms with Gasteiger partial charge in [0, 0.05) is 45.0 Å². The maximum absolute atomic E-state index is 11.2. The van der Waals surface area contributed by atoms with Crippen molar-refractivity contribution in [2.24, 2.45) is 0 Å². The summed E-state index contributed by atoms with van der Waals surface area (Å²) in [7, 11) is 0. The lowest BCUT2D eigenvalue weighted by Gasteiger charge is -2.35. The first-order valence-electron chi connectivity index (χ1n) is 8.16. The fourth-order valence-corrected chi connectivity index (χ4v) is 3.19. The summed E-state index contributed by atoms with van der Waals surface area (Å²) < 4.78 is 10.8. The van der Waals surface area contributed by atoms with Crippen molar-refractivity contribution in [2.75, 3.05) is 37.9 Å².